The number of esters is 4. The van der Waals surface area contributed by atoms with Gasteiger partial charge in [-0.1, -0.05) is 139 Å². The fourth-order valence-electron chi connectivity index (χ4n) is 19.9. The standard InChI is InChI=1S/C39H40O10.C34H32O8.C10H18O5/c1-20(2)37-29(47-37)30-39(48-30)36(6)18-17-23-26(24(36)19-25-38(39,46-25)33(37)45-34(42)49-35(3,4)5)28(44-32(23)41)27(21-13-9-7-10-14-21)43-31(40)22-15-11-8-12-16-22;1-17(2)32-26(41-32)27-34(42-27)31(3)15-14-20-23(21(31)16-22-33(34,40-22)30(32)37)25(39-29(20)36)24(18-10-6-4-7-11-18)38-28(35)19-12-8-5-9-13-19;1-9(2,3)14-7(11)13-8(12)15-10(4,5)6/h7-16,20,24-25,29-30,33H,17-19H2,1-6H3;4-13,17,21-22,26-27,30,37H,14-16H2,1-3H3;1-6H3/b28-27+;25-24+;/t24-,25-,29-,30-,33+,36-,37-,38+,39+;21-,22-,26-,27-,30+,31-,32-,33+,34+;/m00./s1. The van der Waals surface area contributed by atoms with E-state index in [4.69, 9.17) is 66.3 Å². The van der Waals surface area contributed by atoms with Gasteiger partial charge < -0.3 is 76.2 Å². The van der Waals surface area contributed by atoms with Crippen LogP contribution in [0.25, 0.3) is 11.5 Å². The number of aliphatic hydroxyl groups excluding tert-OH is 1. The van der Waals surface area contributed by atoms with Gasteiger partial charge in [0.25, 0.3) is 0 Å². The smallest absolute Gasteiger partial charge is 0.429 e. The highest BCUT2D eigenvalue weighted by Crippen LogP contribution is 2.85. The van der Waals surface area contributed by atoms with Gasteiger partial charge in [-0.3, -0.25) is 0 Å². The van der Waals surface area contributed by atoms with Gasteiger partial charge in [0.05, 0.1) is 23.3 Å². The van der Waals surface area contributed by atoms with Crippen LogP contribution in [0.15, 0.2) is 155 Å². The summed E-state index contributed by atoms with van der Waals surface area (Å²) >= 11 is 0. The Kier molecular flexibility index (Phi) is 16.2. The zero-order valence-corrected chi connectivity index (χ0v) is 62.1. The van der Waals surface area contributed by atoms with Gasteiger partial charge in [-0.25, -0.2) is 33.6 Å². The van der Waals surface area contributed by atoms with E-state index in [9.17, 15) is 38.7 Å². The number of allylic oxidation sites excluding steroid dienone is 2. The third kappa shape index (κ3) is 10.5. The third-order valence-electron chi connectivity index (χ3n) is 24.5. The predicted octanol–water partition coefficient (Wildman–Crippen LogP) is 13.5. The molecule has 0 amide bonds. The highest BCUT2D eigenvalue weighted by Gasteiger charge is 3.03. The number of carbonyl (C=O) groups excluding carboxylic acids is 7. The molecule has 0 aromatic heterocycles. The molecule has 6 saturated heterocycles. The van der Waals surface area contributed by atoms with E-state index < -0.39 is 116 Å². The number of carbonyl (C=O) groups is 7. The first-order chi connectivity index (χ1) is 50.0. The molecule has 0 unspecified atom stereocenters. The minimum atomic E-state index is -1.06. The van der Waals surface area contributed by atoms with Crippen LogP contribution in [-0.2, 0) is 80.6 Å². The average molecular weight is 1460 g/mol. The van der Waals surface area contributed by atoms with E-state index in [1.165, 1.54) is 0 Å². The first kappa shape index (κ1) is 71.7. The number of aliphatic hydroxyl groups is 1. The molecule has 6 aliphatic carbocycles. The number of hydrogen-bond donors (Lipinski definition) is 1. The fraction of sp³-hybridized carbons (Fsp3) is 0.530. The van der Waals surface area contributed by atoms with Gasteiger partial charge in [-0.15, -0.1) is 0 Å². The van der Waals surface area contributed by atoms with Crippen LogP contribution in [0.1, 0.15) is 174 Å². The summed E-state index contributed by atoms with van der Waals surface area (Å²) in [7, 11) is 0. The number of hydrogen-bond acceptors (Lipinski definition) is 23. The van der Waals surface area contributed by atoms with Crippen LogP contribution in [-0.4, -0.2) is 147 Å². The average Bonchev–Trinajstić information content (AvgIpc) is 1.42. The Bertz CT molecular complexity index is 4480. The summed E-state index contributed by atoms with van der Waals surface area (Å²) in [6, 6.07) is 36.0. The summed E-state index contributed by atoms with van der Waals surface area (Å²) in [4.78, 5) is 89.2. The quantitative estimate of drug-likeness (QED) is 0.0535. The van der Waals surface area contributed by atoms with E-state index in [1.807, 2.05) is 72.8 Å². The summed E-state index contributed by atoms with van der Waals surface area (Å²) in [5.41, 5.74) is -3.19. The lowest BCUT2D eigenvalue weighted by Gasteiger charge is -2.53. The van der Waals surface area contributed by atoms with Crippen molar-refractivity contribution in [3.8, 4) is 0 Å². The van der Waals surface area contributed by atoms with Gasteiger partial charge in [0.15, 0.2) is 40.3 Å². The summed E-state index contributed by atoms with van der Waals surface area (Å²) < 4.78 is 89.8. The molecule has 23 heteroatoms. The lowest BCUT2D eigenvalue weighted by Crippen LogP contribution is -2.70. The molecule has 1 N–H and O–H groups in total. The van der Waals surface area contributed by atoms with Crippen LogP contribution in [0, 0.1) is 34.5 Å². The van der Waals surface area contributed by atoms with Crippen molar-refractivity contribution in [1.82, 2.24) is 0 Å². The maximum absolute atomic E-state index is 13.6. The monoisotopic (exact) mass is 1450 g/mol. The Morgan fingerprint density at radius 1 is 0.453 bits per heavy atom. The molecule has 14 aliphatic rings. The maximum Gasteiger partial charge on any atom is 0.519 e. The number of ether oxygens (including phenoxy) is 15. The Labute approximate surface area is 614 Å². The molecule has 0 bridgehead atoms. The minimum absolute atomic E-state index is 0.0145. The first-order valence-electron chi connectivity index (χ1n) is 36.8. The zero-order chi connectivity index (χ0) is 75.4. The normalized spacial score (nSPS) is 37.8. The highest BCUT2D eigenvalue weighted by atomic mass is 16.8. The fourth-order valence-corrected chi connectivity index (χ4v) is 19.9. The molecule has 106 heavy (non-hydrogen) atoms. The van der Waals surface area contributed by atoms with Crippen molar-refractivity contribution in [2.24, 2.45) is 34.5 Å². The van der Waals surface area contributed by atoms with Crippen molar-refractivity contribution >= 4 is 53.9 Å². The molecule has 18 atom stereocenters. The molecule has 4 spiro atoms. The van der Waals surface area contributed by atoms with Gasteiger partial charge in [-0.2, -0.15) is 0 Å². The molecular weight excluding hydrogens is 1360 g/mol. The molecule has 8 aliphatic heterocycles. The van der Waals surface area contributed by atoms with E-state index in [-0.39, 0.29) is 77.6 Å². The van der Waals surface area contributed by atoms with Crippen molar-refractivity contribution in [3.05, 3.63) is 177 Å². The molecule has 4 aromatic rings. The van der Waals surface area contributed by atoms with Crippen LogP contribution >= 0.6 is 0 Å². The minimum Gasteiger partial charge on any atom is -0.429 e. The molecule has 18 rings (SSSR count). The molecule has 10 fully saturated rings. The Balaban J connectivity index is 0.000000138. The molecular formula is C83H90O23. The van der Waals surface area contributed by atoms with E-state index in [0.29, 0.717) is 77.7 Å². The Morgan fingerprint density at radius 3 is 1.22 bits per heavy atom. The summed E-state index contributed by atoms with van der Waals surface area (Å²) in [6.45, 7) is 28.1. The number of rotatable bonds is 9. The van der Waals surface area contributed by atoms with E-state index in [0.717, 1.165) is 11.1 Å². The molecule has 4 aromatic carbocycles. The van der Waals surface area contributed by atoms with E-state index >= 15 is 0 Å². The second kappa shape index (κ2) is 24.0. The number of fused-ring (bicyclic) bond motifs is 8. The van der Waals surface area contributed by atoms with Gasteiger partial charge in [0, 0.05) is 44.2 Å². The molecule has 560 valence electrons. The lowest BCUT2D eigenvalue weighted by molar-refractivity contribution is -0.134. The number of benzene rings is 4. The van der Waals surface area contributed by atoms with Crippen LogP contribution in [0.5, 0.6) is 0 Å². The molecule has 23 nitrogen and oxygen atoms in total. The van der Waals surface area contributed by atoms with Crippen LogP contribution in [0.2, 0.25) is 0 Å². The van der Waals surface area contributed by atoms with Crippen LogP contribution in [0.3, 0.4) is 0 Å². The van der Waals surface area contributed by atoms with Crippen molar-refractivity contribution in [3.63, 3.8) is 0 Å². The van der Waals surface area contributed by atoms with Gasteiger partial charge in [-0.05, 0) is 149 Å². The first-order valence-corrected chi connectivity index (χ1v) is 36.8. The summed E-state index contributed by atoms with van der Waals surface area (Å²) in [6.07, 6.45) is -2.58. The SMILES string of the molecule is CC(C)(C)OC(=O)OC(=O)OC(C)(C)C.CC(C)[C@]12O[C@H]1[C@@H]1O[C@]13[C@]1(O[C@H]1C[C@H]1C4=C(CC[C@@]13C)C(=O)O/C4=C(/OC(=O)c1ccccc1)c1ccccc1)[C@@H]2O.CC(C)[C@]12O[C@H]1[C@@H]1O[C@]13[C@]1(O[C@H]1C[C@H]1C4=C(CC[C@@]13C)C(=O)O/C4=C(/OC(=O)c1ccccc1)c1ccccc1)[C@@H]2OC(=O)OC(C)(C)C. The maximum atomic E-state index is 13.6. The van der Waals surface area contributed by atoms with Crippen molar-refractivity contribution < 1.29 is 110 Å². The van der Waals surface area contributed by atoms with Crippen LogP contribution in [0.4, 0.5) is 14.4 Å². The Morgan fingerprint density at radius 2 is 0.811 bits per heavy atom. The predicted molar refractivity (Wildman–Crippen MR) is 374 cm³/mol. The summed E-state index contributed by atoms with van der Waals surface area (Å²) in [5, 5.41) is 11.9. The number of cyclic esters (lactones) is 2. The molecule has 8 heterocycles. The topological polar surface area (TPSA) is 298 Å². The van der Waals surface area contributed by atoms with Crippen molar-refractivity contribution in [2.45, 2.75) is 242 Å². The largest absolute Gasteiger partial charge is 0.519 e. The molecule has 4 saturated carbocycles. The third-order valence-corrected chi connectivity index (χ3v) is 24.5. The second-order valence-electron chi connectivity index (χ2n) is 34.4. The van der Waals surface area contributed by atoms with Gasteiger partial charge in [0.2, 0.25) is 0 Å². The van der Waals surface area contributed by atoms with Crippen molar-refractivity contribution in [1.29, 1.82) is 0 Å². The zero-order valence-electron chi connectivity index (χ0n) is 62.1. The summed E-state index contributed by atoms with van der Waals surface area (Å²) in [5.74, 6) is -1.25. The lowest BCUT2D eigenvalue weighted by atomic mass is 9.46. The Hall–Kier alpha value is -8.55. The molecule has 0 radical (unpaired) electrons. The van der Waals surface area contributed by atoms with Crippen molar-refractivity contribution in [2.75, 3.05) is 0 Å². The van der Waals surface area contributed by atoms with Gasteiger partial charge >= 0.3 is 42.3 Å². The van der Waals surface area contributed by atoms with E-state index in [1.54, 1.807) is 111 Å². The highest BCUT2D eigenvalue weighted by molar-refractivity contribution is 6.00. The van der Waals surface area contributed by atoms with E-state index in [2.05, 4.69) is 46.3 Å². The van der Waals surface area contributed by atoms with Gasteiger partial charge in [0.1, 0.15) is 69.7 Å². The number of epoxide rings is 6. The second-order valence-corrected chi connectivity index (χ2v) is 34.4. The van der Waals surface area contributed by atoms with Crippen LogP contribution < -0.4 is 0 Å².